The Morgan fingerprint density at radius 2 is 1.82 bits per heavy atom. The number of rotatable bonds is 4. The van der Waals surface area contributed by atoms with Gasteiger partial charge >= 0.3 is 0 Å². The van der Waals surface area contributed by atoms with E-state index in [0.717, 1.165) is 42.5 Å². The second-order valence-corrected chi connectivity index (χ2v) is 9.60. The molecule has 0 aromatic heterocycles. The van der Waals surface area contributed by atoms with Crippen molar-refractivity contribution < 1.29 is 13.2 Å². The minimum Gasteiger partial charge on any atom is -0.349 e. The van der Waals surface area contributed by atoms with Gasteiger partial charge < -0.3 is 5.32 Å². The average molecular weight is 399 g/mol. The molecule has 1 heterocycles. The number of fused-ring (bicyclic) bond motifs is 1. The molecule has 148 valence electrons. The zero-order valence-electron chi connectivity index (χ0n) is 16.1. The van der Waals surface area contributed by atoms with Crippen molar-refractivity contribution in [1.82, 2.24) is 5.32 Å². The van der Waals surface area contributed by atoms with Crippen LogP contribution in [0.5, 0.6) is 0 Å². The largest absolute Gasteiger partial charge is 0.349 e. The maximum Gasteiger partial charge on any atom is 0.264 e. The molecule has 1 saturated carbocycles. The summed E-state index contributed by atoms with van der Waals surface area (Å²) in [4.78, 5) is 13.0. The van der Waals surface area contributed by atoms with Crippen LogP contribution in [0.2, 0.25) is 0 Å². The van der Waals surface area contributed by atoms with E-state index in [1.54, 1.807) is 12.1 Å². The Labute approximate surface area is 166 Å². The van der Waals surface area contributed by atoms with E-state index in [0.29, 0.717) is 18.5 Å². The first-order chi connectivity index (χ1) is 13.5. The Hall–Kier alpha value is -2.34. The maximum absolute atomic E-state index is 13.3. The Balaban J connectivity index is 1.62. The normalized spacial score (nSPS) is 17.4. The molecule has 1 aliphatic heterocycles. The molecule has 0 bridgehead atoms. The number of anilines is 1. The number of hydrogen-bond acceptors (Lipinski definition) is 3. The number of nitrogens with one attached hydrogen (secondary N) is 1. The van der Waals surface area contributed by atoms with Gasteiger partial charge in [-0.25, -0.2) is 8.42 Å². The van der Waals surface area contributed by atoms with Crippen molar-refractivity contribution in [3.05, 3.63) is 59.2 Å². The fourth-order valence-corrected chi connectivity index (χ4v) is 5.73. The summed E-state index contributed by atoms with van der Waals surface area (Å²) in [6.45, 7) is 2.27. The zero-order chi connectivity index (χ0) is 19.7. The quantitative estimate of drug-likeness (QED) is 0.852. The Bertz CT molecular complexity index is 995. The van der Waals surface area contributed by atoms with Gasteiger partial charge in [0.15, 0.2) is 0 Å². The standard InChI is InChI=1S/C22H26N2O3S/c1-16-11-12-19(15-20(16)22(25)23-18-8-3-2-4-9-18)28(26,27)24-14-13-17-7-5-6-10-21(17)24/h5-7,10-12,15,18H,2-4,8-9,13-14H2,1H3,(H,23,25). The monoisotopic (exact) mass is 398 g/mol. The van der Waals surface area contributed by atoms with Gasteiger partial charge in [-0.3, -0.25) is 9.10 Å². The van der Waals surface area contributed by atoms with Crippen LogP contribution in [0.4, 0.5) is 5.69 Å². The molecule has 2 aliphatic rings. The van der Waals surface area contributed by atoms with Crippen molar-refractivity contribution in [2.75, 3.05) is 10.8 Å². The molecule has 1 aliphatic carbocycles. The lowest BCUT2D eigenvalue weighted by Crippen LogP contribution is -2.36. The smallest absolute Gasteiger partial charge is 0.264 e. The number of hydrogen-bond donors (Lipinski definition) is 1. The molecule has 28 heavy (non-hydrogen) atoms. The molecule has 0 radical (unpaired) electrons. The van der Waals surface area contributed by atoms with E-state index < -0.39 is 10.0 Å². The van der Waals surface area contributed by atoms with Crippen molar-refractivity contribution in [3.63, 3.8) is 0 Å². The predicted octanol–water partition coefficient (Wildman–Crippen LogP) is 3.81. The van der Waals surface area contributed by atoms with Gasteiger partial charge in [-0.15, -0.1) is 0 Å². The van der Waals surface area contributed by atoms with Crippen LogP contribution in [0.25, 0.3) is 0 Å². The van der Waals surface area contributed by atoms with Crippen LogP contribution in [0, 0.1) is 6.92 Å². The molecule has 2 aromatic carbocycles. The maximum atomic E-state index is 13.3. The van der Waals surface area contributed by atoms with E-state index in [4.69, 9.17) is 0 Å². The minimum atomic E-state index is -3.70. The van der Waals surface area contributed by atoms with E-state index in [1.807, 2.05) is 31.2 Å². The van der Waals surface area contributed by atoms with E-state index >= 15 is 0 Å². The molecule has 1 N–H and O–H groups in total. The van der Waals surface area contributed by atoms with E-state index in [2.05, 4.69) is 5.32 Å². The lowest BCUT2D eigenvalue weighted by molar-refractivity contribution is 0.0927. The van der Waals surface area contributed by atoms with Gasteiger partial charge in [-0.05, 0) is 55.5 Å². The second-order valence-electron chi connectivity index (χ2n) is 7.74. The second kappa shape index (κ2) is 7.59. The fraction of sp³-hybridized carbons (Fsp3) is 0.409. The number of para-hydroxylation sites is 1. The highest BCUT2D eigenvalue weighted by molar-refractivity contribution is 7.92. The van der Waals surface area contributed by atoms with Crippen molar-refractivity contribution in [2.24, 2.45) is 0 Å². The number of nitrogens with zero attached hydrogens (tertiary/aromatic N) is 1. The highest BCUT2D eigenvalue weighted by atomic mass is 32.2. The number of aryl methyl sites for hydroxylation is 1. The summed E-state index contributed by atoms with van der Waals surface area (Å²) in [5, 5.41) is 3.09. The van der Waals surface area contributed by atoms with Crippen molar-refractivity contribution >= 4 is 21.6 Å². The van der Waals surface area contributed by atoms with Gasteiger partial charge in [0.25, 0.3) is 15.9 Å². The van der Waals surface area contributed by atoms with Crippen LogP contribution in [-0.2, 0) is 16.4 Å². The summed E-state index contributed by atoms with van der Waals surface area (Å²) in [5.41, 5.74) is 3.00. The number of carbonyl (C=O) groups excluding carboxylic acids is 1. The van der Waals surface area contributed by atoms with Crippen LogP contribution < -0.4 is 9.62 Å². The molecule has 4 rings (SSSR count). The number of benzene rings is 2. The van der Waals surface area contributed by atoms with Crippen LogP contribution >= 0.6 is 0 Å². The molecule has 5 nitrogen and oxygen atoms in total. The molecule has 1 fully saturated rings. The number of sulfonamides is 1. The predicted molar refractivity (Wildman–Crippen MR) is 110 cm³/mol. The van der Waals surface area contributed by atoms with Gasteiger partial charge in [-0.1, -0.05) is 43.5 Å². The third-order valence-electron chi connectivity index (χ3n) is 5.83. The summed E-state index contributed by atoms with van der Waals surface area (Å²) in [6.07, 6.45) is 6.17. The summed E-state index contributed by atoms with van der Waals surface area (Å²) in [5.74, 6) is -0.178. The molecule has 0 atom stereocenters. The summed E-state index contributed by atoms with van der Waals surface area (Å²) >= 11 is 0. The Morgan fingerprint density at radius 3 is 2.61 bits per heavy atom. The van der Waals surface area contributed by atoms with Crippen molar-refractivity contribution in [2.45, 2.75) is 56.4 Å². The van der Waals surface area contributed by atoms with Crippen LogP contribution in [0.3, 0.4) is 0 Å². The summed E-state index contributed by atoms with van der Waals surface area (Å²) < 4.78 is 28.0. The third kappa shape index (κ3) is 3.53. The average Bonchev–Trinajstić information content (AvgIpc) is 3.14. The minimum absolute atomic E-state index is 0.170. The van der Waals surface area contributed by atoms with Crippen LogP contribution in [-0.4, -0.2) is 26.9 Å². The fourth-order valence-electron chi connectivity index (χ4n) is 4.20. The van der Waals surface area contributed by atoms with E-state index in [9.17, 15) is 13.2 Å². The molecular weight excluding hydrogens is 372 g/mol. The highest BCUT2D eigenvalue weighted by Crippen LogP contribution is 2.33. The number of amides is 1. The summed E-state index contributed by atoms with van der Waals surface area (Å²) in [7, 11) is -3.70. The Morgan fingerprint density at radius 1 is 1.07 bits per heavy atom. The van der Waals surface area contributed by atoms with Crippen LogP contribution in [0.15, 0.2) is 47.4 Å². The topological polar surface area (TPSA) is 66.5 Å². The number of carbonyl (C=O) groups is 1. The molecule has 6 heteroatoms. The lowest BCUT2D eigenvalue weighted by Gasteiger charge is -2.24. The molecular formula is C22H26N2O3S. The van der Waals surface area contributed by atoms with Gasteiger partial charge in [0, 0.05) is 18.2 Å². The van der Waals surface area contributed by atoms with Gasteiger partial charge in [0.05, 0.1) is 10.6 Å². The van der Waals surface area contributed by atoms with Crippen molar-refractivity contribution in [1.29, 1.82) is 0 Å². The first-order valence-corrected chi connectivity index (χ1v) is 11.4. The lowest BCUT2D eigenvalue weighted by atomic mass is 9.95. The van der Waals surface area contributed by atoms with E-state index in [-0.39, 0.29) is 16.8 Å². The van der Waals surface area contributed by atoms with Crippen LogP contribution in [0.1, 0.15) is 53.6 Å². The molecule has 0 unspecified atom stereocenters. The first-order valence-electron chi connectivity index (χ1n) is 9.99. The van der Waals surface area contributed by atoms with Gasteiger partial charge in [0.1, 0.15) is 0 Å². The van der Waals surface area contributed by atoms with Gasteiger partial charge in [-0.2, -0.15) is 0 Å². The highest BCUT2D eigenvalue weighted by Gasteiger charge is 2.31. The van der Waals surface area contributed by atoms with Crippen molar-refractivity contribution in [3.8, 4) is 0 Å². The molecule has 0 spiro atoms. The Kier molecular flexibility index (Phi) is 5.15. The SMILES string of the molecule is Cc1ccc(S(=O)(=O)N2CCc3ccccc32)cc1C(=O)NC1CCCCC1. The molecule has 0 saturated heterocycles. The third-order valence-corrected chi connectivity index (χ3v) is 7.64. The summed E-state index contributed by atoms with van der Waals surface area (Å²) in [6, 6.07) is 12.6. The van der Waals surface area contributed by atoms with Gasteiger partial charge in [0.2, 0.25) is 0 Å². The van der Waals surface area contributed by atoms with E-state index in [1.165, 1.54) is 16.8 Å². The molecule has 1 amide bonds. The first kappa shape index (κ1) is 19.0. The zero-order valence-corrected chi connectivity index (χ0v) is 17.0. The molecule has 2 aromatic rings.